The lowest BCUT2D eigenvalue weighted by atomic mass is 10.0. The Bertz CT molecular complexity index is 1270. The van der Waals surface area contributed by atoms with E-state index in [4.69, 9.17) is 4.74 Å². The van der Waals surface area contributed by atoms with Gasteiger partial charge in [0, 0.05) is 23.1 Å². The summed E-state index contributed by atoms with van der Waals surface area (Å²) in [6, 6.07) is 20.1. The molecule has 0 unspecified atom stereocenters. The average molecular weight is 560 g/mol. The lowest BCUT2D eigenvalue weighted by molar-refractivity contribution is -0.120. The highest BCUT2D eigenvalue weighted by Crippen LogP contribution is 2.21. The first-order valence-corrected chi connectivity index (χ1v) is 13.1. The Balaban J connectivity index is 1.84. The molecule has 3 amide bonds. The van der Waals surface area contributed by atoms with E-state index in [0.29, 0.717) is 22.5 Å². The van der Waals surface area contributed by atoms with Crippen molar-refractivity contribution in [2.75, 3.05) is 18.6 Å². The number of amides is 3. The van der Waals surface area contributed by atoms with Gasteiger partial charge in [0.1, 0.15) is 11.8 Å². The second kappa shape index (κ2) is 11.9. The van der Waals surface area contributed by atoms with Crippen LogP contribution < -0.4 is 19.7 Å². The van der Waals surface area contributed by atoms with Crippen LogP contribution in [-0.2, 0) is 21.2 Å². The molecule has 1 atom stereocenters. The van der Waals surface area contributed by atoms with Gasteiger partial charge in [0.05, 0.1) is 12.0 Å². The number of rotatable bonds is 9. The molecule has 0 fully saturated rings. The maximum absolute atomic E-state index is 13.5. The Kier molecular flexibility index (Phi) is 8.89. The molecule has 10 heteroatoms. The second-order valence-electron chi connectivity index (χ2n) is 7.56. The number of halogens is 1. The smallest absolute Gasteiger partial charge is 0.329 e. The highest BCUT2D eigenvalue weighted by molar-refractivity contribution is 9.10. The zero-order chi connectivity index (χ0) is 25.4. The minimum Gasteiger partial charge on any atom is -0.497 e. The first-order chi connectivity index (χ1) is 16.7. The third-order valence-electron chi connectivity index (χ3n) is 5.19. The first kappa shape index (κ1) is 26.2. The van der Waals surface area contributed by atoms with E-state index in [1.807, 2.05) is 42.0 Å². The standard InChI is InChI=1S/C25H26BrN3O5S/c1-3-29(20-12-14-21(34-2)15-13-20)24(30)23(16-18-8-5-4-6-9-18)27-25(31)28-35(32,33)22-11-7-10-19(26)17-22/h4-15,17,23H,3,16H2,1-2H3,(H2,27,28,31)/t23-/m0/s1. The molecule has 3 aromatic carbocycles. The summed E-state index contributed by atoms with van der Waals surface area (Å²) in [4.78, 5) is 27.7. The van der Waals surface area contributed by atoms with Crippen LogP contribution in [-0.4, -0.2) is 40.1 Å². The van der Waals surface area contributed by atoms with Crippen LogP contribution in [0.25, 0.3) is 0 Å². The molecule has 0 bridgehead atoms. The second-order valence-corrected chi connectivity index (χ2v) is 10.2. The highest BCUT2D eigenvalue weighted by atomic mass is 79.9. The van der Waals surface area contributed by atoms with Gasteiger partial charge in [0.15, 0.2) is 0 Å². The Morgan fingerprint density at radius 1 is 1.00 bits per heavy atom. The molecule has 0 saturated carbocycles. The average Bonchev–Trinajstić information content (AvgIpc) is 2.84. The van der Waals surface area contributed by atoms with Crippen LogP contribution >= 0.6 is 15.9 Å². The molecule has 8 nitrogen and oxygen atoms in total. The van der Waals surface area contributed by atoms with E-state index in [1.165, 1.54) is 17.0 Å². The summed E-state index contributed by atoms with van der Waals surface area (Å²) in [5.74, 6) is 0.268. The molecule has 0 radical (unpaired) electrons. The number of carbonyl (C=O) groups is 2. The van der Waals surface area contributed by atoms with Crippen LogP contribution in [0.15, 0.2) is 88.2 Å². The molecular formula is C25H26BrN3O5S. The number of urea groups is 1. The van der Waals surface area contributed by atoms with E-state index in [-0.39, 0.29) is 17.2 Å². The van der Waals surface area contributed by atoms with Gasteiger partial charge in [0.25, 0.3) is 10.0 Å². The molecule has 0 spiro atoms. The number of anilines is 1. The molecule has 35 heavy (non-hydrogen) atoms. The number of likely N-dealkylation sites (N-methyl/N-ethyl adjacent to an activating group) is 1. The van der Waals surface area contributed by atoms with Gasteiger partial charge >= 0.3 is 6.03 Å². The first-order valence-electron chi connectivity index (χ1n) is 10.8. The fourth-order valence-corrected chi connectivity index (χ4v) is 4.98. The van der Waals surface area contributed by atoms with E-state index < -0.39 is 22.1 Å². The Morgan fingerprint density at radius 2 is 1.69 bits per heavy atom. The minimum atomic E-state index is -4.14. The van der Waals surface area contributed by atoms with Crippen LogP contribution in [0.3, 0.4) is 0 Å². The normalized spacial score (nSPS) is 11.9. The number of hydrogen-bond acceptors (Lipinski definition) is 5. The van der Waals surface area contributed by atoms with Gasteiger partial charge in [-0.25, -0.2) is 17.9 Å². The summed E-state index contributed by atoms with van der Waals surface area (Å²) in [5.41, 5.74) is 1.44. The van der Waals surface area contributed by atoms with Crippen molar-refractivity contribution in [1.29, 1.82) is 0 Å². The zero-order valence-corrected chi connectivity index (χ0v) is 21.7. The fraction of sp³-hybridized carbons (Fsp3) is 0.200. The maximum Gasteiger partial charge on any atom is 0.329 e. The number of sulfonamides is 1. The van der Waals surface area contributed by atoms with E-state index in [1.54, 1.807) is 43.5 Å². The molecule has 184 valence electrons. The van der Waals surface area contributed by atoms with Crippen molar-refractivity contribution in [2.24, 2.45) is 0 Å². The lowest BCUT2D eigenvalue weighted by Gasteiger charge is -2.27. The Morgan fingerprint density at radius 3 is 2.29 bits per heavy atom. The minimum absolute atomic E-state index is 0.0821. The number of nitrogens with one attached hydrogen (secondary N) is 2. The monoisotopic (exact) mass is 559 g/mol. The van der Waals surface area contributed by atoms with E-state index in [9.17, 15) is 18.0 Å². The van der Waals surface area contributed by atoms with Crippen LogP contribution in [0.2, 0.25) is 0 Å². The SMILES string of the molecule is CCN(C(=O)[C@H](Cc1ccccc1)NC(=O)NS(=O)(=O)c1cccc(Br)c1)c1ccc(OC)cc1. The Labute approximate surface area is 213 Å². The molecule has 3 rings (SSSR count). The van der Waals surface area contributed by atoms with Crippen molar-refractivity contribution < 1.29 is 22.7 Å². The van der Waals surface area contributed by atoms with Crippen LogP contribution in [0, 0.1) is 0 Å². The number of nitrogens with zero attached hydrogens (tertiary/aromatic N) is 1. The van der Waals surface area contributed by atoms with Crippen molar-refractivity contribution in [3.8, 4) is 5.75 Å². The van der Waals surface area contributed by atoms with Gasteiger partial charge in [-0.2, -0.15) is 0 Å². The number of benzene rings is 3. The number of hydrogen-bond donors (Lipinski definition) is 2. The van der Waals surface area contributed by atoms with Gasteiger partial charge in [-0.15, -0.1) is 0 Å². The predicted octanol–water partition coefficient (Wildman–Crippen LogP) is 4.11. The van der Waals surface area contributed by atoms with Crippen molar-refractivity contribution >= 4 is 43.6 Å². The third kappa shape index (κ3) is 7.06. The van der Waals surface area contributed by atoms with Gasteiger partial charge < -0.3 is 15.0 Å². The maximum atomic E-state index is 13.5. The molecule has 0 aromatic heterocycles. The van der Waals surface area contributed by atoms with Crippen molar-refractivity contribution in [3.63, 3.8) is 0 Å². The van der Waals surface area contributed by atoms with Gasteiger partial charge in [-0.1, -0.05) is 52.3 Å². The van der Waals surface area contributed by atoms with Crippen molar-refractivity contribution in [1.82, 2.24) is 10.0 Å². The molecule has 0 aliphatic heterocycles. The third-order valence-corrected chi connectivity index (χ3v) is 7.01. The molecule has 0 aliphatic carbocycles. The summed E-state index contributed by atoms with van der Waals surface area (Å²) in [6.07, 6.45) is 0.177. The van der Waals surface area contributed by atoms with E-state index in [2.05, 4.69) is 21.2 Å². The predicted molar refractivity (Wildman–Crippen MR) is 138 cm³/mol. The van der Waals surface area contributed by atoms with Gasteiger partial charge in [-0.05, 0) is 55.0 Å². The lowest BCUT2D eigenvalue weighted by Crippen LogP contribution is -2.53. The van der Waals surface area contributed by atoms with Gasteiger partial charge in [-0.3, -0.25) is 4.79 Å². The molecule has 3 aromatic rings. The zero-order valence-electron chi connectivity index (χ0n) is 19.3. The quantitative estimate of drug-likeness (QED) is 0.410. The molecule has 0 heterocycles. The van der Waals surface area contributed by atoms with Gasteiger partial charge in [0.2, 0.25) is 5.91 Å². The topological polar surface area (TPSA) is 105 Å². The summed E-state index contributed by atoms with van der Waals surface area (Å²) in [5, 5.41) is 2.56. The number of methoxy groups -OCH3 is 1. The van der Waals surface area contributed by atoms with Crippen molar-refractivity contribution in [3.05, 3.63) is 88.9 Å². The Hall–Kier alpha value is -3.37. The summed E-state index contributed by atoms with van der Waals surface area (Å²) in [7, 11) is -2.59. The molecular weight excluding hydrogens is 534 g/mol. The molecule has 0 aliphatic rings. The van der Waals surface area contributed by atoms with E-state index >= 15 is 0 Å². The molecule has 2 N–H and O–H groups in total. The van der Waals surface area contributed by atoms with Crippen LogP contribution in [0.5, 0.6) is 5.75 Å². The number of ether oxygens (including phenoxy) is 1. The van der Waals surface area contributed by atoms with Crippen LogP contribution in [0.1, 0.15) is 12.5 Å². The van der Waals surface area contributed by atoms with E-state index in [0.717, 1.165) is 5.56 Å². The molecule has 0 saturated heterocycles. The largest absolute Gasteiger partial charge is 0.497 e. The fourth-order valence-electron chi connectivity index (χ4n) is 3.47. The van der Waals surface area contributed by atoms with Crippen molar-refractivity contribution in [2.45, 2.75) is 24.3 Å². The summed E-state index contributed by atoms with van der Waals surface area (Å²) in [6.45, 7) is 2.16. The summed E-state index contributed by atoms with van der Waals surface area (Å²) >= 11 is 3.22. The number of carbonyl (C=O) groups excluding carboxylic acids is 2. The highest BCUT2D eigenvalue weighted by Gasteiger charge is 2.28. The van der Waals surface area contributed by atoms with Crippen LogP contribution in [0.4, 0.5) is 10.5 Å². The summed E-state index contributed by atoms with van der Waals surface area (Å²) < 4.78 is 33.1.